The molecule has 24 heavy (non-hydrogen) atoms. The zero-order valence-corrected chi connectivity index (χ0v) is 14.6. The number of benzene rings is 1. The Labute approximate surface area is 144 Å². The van der Waals surface area contributed by atoms with Gasteiger partial charge in [-0.1, -0.05) is 23.3 Å². The van der Waals surface area contributed by atoms with Gasteiger partial charge in [-0.15, -0.1) is 0 Å². The number of nitrogens with zero attached hydrogens (tertiary/aromatic N) is 1. The second-order valence-corrected chi connectivity index (χ2v) is 7.41. The van der Waals surface area contributed by atoms with E-state index in [0.717, 1.165) is 24.2 Å². The van der Waals surface area contributed by atoms with Gasteiger partial charge in [-0.05, 0) is 69.6 Å². The third-order valence-electron chi connectivity index (χ3n) is 5.92. The Morgan fingerprint density at radius 2 is 1.75 bits per heavy atom. The largest absolute Gasteiger partial charge is 0.494 e. The molecule has 1 aromatic carbocycles. The standard InChI is InChI=1S/C21H27NO2/c1-2-24-20-10-6-15(7-11-20)12-21(23)22-18-8-9-19(22)14-17(13-18)16-4-3-5-16/h6-7,10-11,18-19H,2-5,8-9,12-14H2,1H3. The van der Waals surface area contributed by atoms with Gasteiger partial charge in [-0.3, -0.25) is 4.79 Å². The van der Waals surface area contributed by atoms with Crippen molar-refractivity contribution in [2.24, 2.45) is 0 Å². The molecule has 1 amide bonds. The summed E-state index contributed by atoms with van der Waals surface area (Å²) in [4.78, 5) is 15.1. The van der Waals surface area contributed by atoms with Gasteiger partial charge in [-0.25, -0.2) is 0 Å². The molecule has 4 rings (SSSR count). The molecule has 1 aromatic rings. The summed E-state index contributed by atoms with van der Waals surface area (Å²) in [6.07, 6.45) is 9.18. The molecule has 2 atom stereocenters. The minimum absolute atomic E-state index is 0.310. The number of allylic oxidation sites excluding steroid dienone is 1. The van der Waals surface area contributed by atoms with E-state index in [2.05, 4.69) is 4.90 Å². The number of carbonyl (C=O) groups is 1. The molecule has 3 fully saturated rings. The van der Waals surface area contributed by atoms with E-state index in [9.17, 15) is 4.79 Å². The van der Waals surface area contributed by atoms with Crippen LogP contribution in [0.25, 0.3) is 0 Å². The van der Waals surface area contributed by atoms with Gasteiger partial charge in [0.25, 0.3) is 0 Å². The number of fused-ring (bicyclic) bond motifs is 2. The third-order valence-corrected chi connectivity index (χ3v) is 5.92. The lowest BCUT2D eigenvalue weighted by Crippen LogP contribution is -2.45. The van der Waals surface area contributed by atoms with Crippen LogP contribution < -0.4 is 4.74 Å². The normalized spacial score (nSPS) is 25.6. The van der Waals surface area contributed by atoms with Gasteiger partial charge in [0, 0.05) is 12.1 Å². The number of rotatable bonds is 4. The van der Waals surface area contributed by atoms with Crippen molar-refractivity contribution in [2.45, 2.75) is 70.4 Å². The SMILES string of the molecule is CCOc1ccc(CC(=O)N2C3CCC2CC(=C2CCC2)C3)cc1. The zero-order valence-electron chi connectivity index (χ0n) is 14.6. The van der Waals surface area contributed by atoms with E-state index in [-0.39, 0.29) is 0 Å². The Hall–Kier alpha value is -1.77. The van der Waals surface area contributed by atoms with Crippen LogP contribution in [0.1, 0.15) is 57.4 Å². The molecule has 3 heteroatoms. The lowest BCUT2D eigenvalue weighted by Gasteiger charge is -2.38. The van der Waals surface area contributed by atoms with Crippen molar-refractivity contribution in [2.75, 3.05) is 6.61 Å². The van der Waals surface area contributed by atoms with Gasteiger partial charge in [-0.2, -0.15) is 0 Å². The fraction of sp³-hybridized carbons (Fsp3) is 0.571. The highest BCUT2D eigenvalue weighted by Gasteiger charge is 2.41. The molecular formula is C21H27NO2. The molecule has 2 bridgehead atoms. The molecule has 0 aromatic heterocycles. The van der Waals surface area contributed by atoms with Crippen LogP contribution in [0.3, 0.4) is 0 Å². The van der Waals surface area contributed by atoms with Crippen molar-refractivity contribution in [1.29, 1.82) is 0 Å². The summed E-state index contributed by atoms with van der Waals surface area (Å²) in [6, 6.07) is 8.91. The smallest absolute Gasteiger partial charge is 0.227 e. The van der Waals surface area contributed by atoms with E-state index in [1.54, 1.807) is 11.1 Å². The summed E-state index contributed by atoms with van der Waals surface area (Å²) in [5, 5.41) is 0. The fourth-order valence-corrected chi connectivity index (χ4v) is 4.55. The molecule has 0 N–H and O–H groups in total. The molecule has 3 nitrogen and oxygen atoms in total. The lowest BCUT2D eigenvalue weighted by molar-refractivity contribution is -0.134. The van der Waals surface area contributed by atoms with Gasteiger partial charge in [0.05, 0.1) is 13.0 Å². The molecule has 1 saturated carbocycles. The molecule has 3 aliphatic rings. The molecule has 2 heterocycles. The Morgan fingerprint density at radius 1 is 1.08 bits per heavy atom. The number of hydrogen-bond donors (Lipinski definition) is 0. The molecule has 0 radical (unpaired) electrons. The van der Waals surface area contributed by atoms with Crippen molar-refractivity contribution in [3.05, 3.63) is 41.0 Å². The summed E-state index contributed by atoms with van der Waals surface area (Å²) in [6.45, 7) is 2.66. The maximum atomic E-state index is 12.9. The first-order valence-corrected chi connectivity index (χ1v) is 9.47. The first kappa shape index (κ1) is 15.7. The van der Waals surface area contributed by atoms with Crippen molar-refractivity contribution in [1.82, 2.24) is 4.90 Å². The maximum absolute atomic E-state index is 12.9. The molecule has 128 valence electrons. The van der Waals surface area contributed by atoms with Gasteiger partial charge in [0.2, 0.25) is 5.91 Å². The highest BCUT2D eigenvalue weighted by atomic mass is 16.5. The summed E-state index contributed by atoms with van der Waals surface area (Å²) in [5.41, 5.74) is 4.50. The Balaban J connectivity index is 1.42. The second-order valence-electron chi connectivity index (χ2n) is 7.41. The first-order valence-electron chi connectivity index (χ1n) is 9.47. The highest BCUT2D eigenvalue weighted by Crippen LogP contribution is 2.43. The topological polar surface area (TPSA) is 29.5 Å². The average molecular weight is 325 g/mol. The van der Waals surface area contributed by atoms with Crippen molar-refractivity contribution in [3.8, 4) is 5.75 Å². The van der Waals surface area contributed by atoms with Gasteiger partial charge < -0.3 is 9.64 Å². The predicted molar refractivity (Wildman–Crippen MR) is 95.1 cm³/mol. The summed E-state index contributed by atoms with van der Waals surface area (Å²) in [7, 11) is 0. The third kappa shape index (κ3) is 2.97. The molecule has 2 unspecified atom stereocenters. The van der Waals surface area contributed by atoms with Gasteiger partial charge >= 0.3 is 0 Å². The predicted octanol–water partition coefficient (Wildman–Crippen LogP) is 4.26. The van der Waals surface area contributed by atoms with E-state index < -0.39 is 0 Å². The van der Waals surface area contributed by atoms with Crippen LogP contribution in [0, 0.1) is 0 Å². The van der Waals surface area contributed by atoms with Crippen LogP contribution in [0.4, 0.5) is 0 Å². The Morgan fingerprint density at radius 3 is 2.29 bits per heavy atom. The van der Waals surface area contributed by atoms with E-state index >= 15 is 0 Å². The van der Waals surface area contributed by atoms with Gasteiger partial charge in [0.1, 0.15) is 5.75 Å². The average Bonchev–Trinajstić information content (AvgIpc) is 2.79. The molecule has 1 aliphatic carbocycles. The maximum Gasteiger partial charge on any atom is 0.227 e. The monoisotopic (exact) mass is 325 g/mol. The highest BCUT2D eigenvalue weighted by molar-refractivity contribution is 5.80. The van der Waals surface area contributed by atoms with Crippen molar-refractivity contribution in [3.63, 3.8) is 0 Å². The van der Waals surface area contributed by atoms with Crippen LogP contribution in [0.15, 0.2) is 35.4 Å². The number of amides is 1. The number of ether oxygens (including phenoxy) is 1. The van der Waals surface area contributed by atoms with Crippen molar-refractivity contribution >= 4 is 5.91 Å². The number of piperidine rings is 1. The van der Waals surface area contributed by atoms with Crippen LogP contribution >= 0.6 is 0 Å². The van der Waals surface area contributed by atoms with Crippen LogP contribution in [0.2, 0.25) is 0 Å². The summed E-state index contributed by atoms with van der Waals surface area (Å²) in [5.74, 6) is 1.19. The lowest BCUT2D eigenvalue weighted by atomic mass is 9.82. The van der Waals surface area contributed by atoms with E-state index in [4.69, 9.17) is 4.74 Å². The Kier molecular flexibility index (Phi) is 4.34. The molecular weight excluding hydrogens is 298 g/mol. The second kappa shape index (κ2) is 6.62. The Bertz CT molecular complexity index is 624. The van der Waals surface area contributed by atoms with E-state index in [1.807, 2.05) is 31.2 Å². The molecule has 2 saturated heterocycles. The molecule has 0 spiro atoms. The summed E-state index contributed by atoms with van der Waals surface area (Å²) < 4.78 is 5.48. The quantitative estimate of drug-likeness (QED) is 0.774. The summed E-state index contributed by atoms with van der Waals surface area (Å²) >= 11 is 0. The zero-order chi connectivity index (χ0) is 16.5. The van der Waals surface area contributed by atoms with Crippen LogP contribution in [-0.4, -0.2) is 29.5 Å². The van der Waals surface area contributed by atoms with Crippen LogP contribution in [-0.2, 0) is 11.2 Å². The minimum Gasteiger partial charge on any atom is -0.494 e. The van der Waals surface area contributed by atoms with Crippen LogP contribution in [0.5, 0.6) is 5.75 Å². The minimum atomic E-state index is 0.310. The van der Waals surface area contributed by atoms with E-state index in [1.165, 1.54) is 32.1 Å². The number of carbonyl (C=O) groups excluding carboxylic acids is 1. The van der Waals surface area contributed by atoms with E-state index in [0.29, 0.717) is 31.0 Å². The fourth-order valence-electron chi connectivity index (χ4n) is 4.55. The van der Waals surface area contributed by atoms with Crippen molar-refractivity contribution < 1.29 is 9.53 Å². The molecule has 2 aliphatic heterocycles. The van der Waals surface area contributed by atoms with Gasteiger partial charge in [0.15, 0.2) is 0 Å². The number of hydrogen-bond acceptors (Lipinski definition) is 2. The first-order chi connectivity index (χ1) is 11.7.